The summed E-state index contributed by atoms with van der Waals surface area (Å²) >= 11 is 0. The molecule has 7 heteroatoms. The summed E-state index contributed by atoms with van der Waals surface area (Å²) in [5, 5.41) is 12.5. The quantitative estimate of drug-likeness (QED) is 0.583. The van der Waals surface area contributed by atoms with E-state index in [1.807, 2.05) is 47.4 Å². The third kappa shape index (κ3) is 4.55. The van der Waals surface area contributed by atoms with E-state index in [1.165, 1.54) is 12.1 Å². The number of hydrogen-bond donors (Lipinski definition) is 2. The number of benzene rings is 3. The van der Waals surface area contributed by atoms with Crippen LogP contribution in [0.5, 0.6) is 17.2 Å². The van der Waals surface area contributed by atoms with Gasteiger partial charge in [0.15, 0.2) is 6.61 Å². The molecule has 1 unspecified atom stereocenters. The van der Waals surface area contributed by atoms with Crippen LogP contribution in [-0.2, 0) is 11.2 Å². The van der Waals surface area contributed by atoms with Crippen molar-refractivity contribution in [2.24, 2.45) is 0 Å². The van der Waals surface area contributed by atoms with Crippen LogP contribution in [0.25, 0.3) is 0 Å². The van der Waals surface area contributed by atoms with Crippen molar-refractivity contribution in [2.45, 2.75) is 18.9 Å². The molecule has 0 aromatic heterocycles. The Morgan fingerprint density at radius 2 is 1.82 bits per heavy atom. The number of fused-ring (bicyclic) bond motifs is 8. The van der Waals surface area contributed by atoms with Crippen LogP contribution in [0.15, 0.2) is 66.7 Å². The number of ether oxygens (including phenoxy) is 2. The molecule has 174 valence electrons. The van der Waals surface area contributed by atoms with E-state index in [0.717, 1.165) is 22.4 Å². The van der Waals surface area contributed by atoms with Crippen LogP contribution < -0.4 is 14.8 Å². The Morgan fingerprint density at radius 3 is 2.68 bits per heavy atom. The number of phenols is 1. The van der Waals surface area contributed by atoms with E-state index >= 15 is 0 Å². The summed E-state index contributed by atoms with van der Waals surface area (Å²) in [6.07, 6.45) is 1.33. The van der Waals surface area contributed by atoms with Crippen molar-refractivity contribution in [2.75, 3.05) is 26.3 Å². The van der Waals surface area contributed by atoms with E-state index in [1.54, 1.807) is 12.1 Å². The Balaban J connectivity index is 1.57. The number of carbonyl (C=O) groups excluding carboxylic acids is 2. The third-order valence-corrected chi connectivity index (χ3v) is 6.17. The van der Waals surface area contributed by atoms with Crippen LogP contribution in [-0.4, -0.2) is 48.1 Å². The molecule has 34 heavy (non-hydrogen) atoms. The molecule has 0 fully saturated rings. The molecule has 2 N–H and O–H groups in total. The van der Waals surface area contributed by atoms with Crippen molar-refractivity contribution in [1.82, 2.24) is 10.2 Å². The summed E-state index contributed by atoms with van der Waals surface area (Å²) in [5.41, 5.74) is 3.57. The van der Waals surface area contributed by atoms with Crippen molar-refractivity contribution < 1.29 is 24.2 Å². The minimum absolute atomic E-state index is 0.0480. The molecule has 0 spiro atoms. The lowest BCUT2D eigenvalue weighted by molar-refractivity contribution is -0.123. The topological polar surface area (TPSA) is 88.1 Å². The van der Waals surface area contributed by atoms with Gasteiger partial charge in [0, 0.05) is 18.7 Å². The average molecular weight is 459 g/mol. The first-order valence-corrected chi connectivity index (χ1v) is 11.4. The fraction of sp³-hybridized carbons (Fsp3) is 0.259. The summed E-state index contributed by atoms with van der Waals surface area (Å²) in [6, 6.07) is 19.6. The molecule has 3 aliphatic heterocycles. The van der Waals surface area contributed by atoms with Crippen molar-refractivity contribution in [3.63, 3.8) is 0 Å². The number of aromatic hydroxyl groups is 1. The number of amides is 2. The molecule has 0 radical (unpaired) electrons. The molecule has 3 aromatic rings. The van der Waals surface area contributed by atoms with E-state index in [0.29, 0.717) is 43.9 Å². The Morgan fingerprint density at radius 1 is 1.00 bits per heavy atom. The van der Waals surface area contributed by atoms with Gasteiger partial charge in [-0.05, 0) is 78.1 Å². The molecular formula is C27H26N2O5. The zero-order valence-corrected chi connectivity index (χ0v) is 18.7. The van der Waals surface area contributed by atoms with Gasteiger partial charge in [0.1, 0.15) is 17.2 Å². The molecule has 0 aliphatic carbocycles. The Bertz CT molecular complexity index is 1210. The summed E-state index contributed by atoms with van der Waals surface area (Å²) in [5.74, 6) is 1.20. The largest absolute Gasteiger partial charge is 0.508 e. The van der Waals surface area contributed by atoms with Gasteiger partial charge in [-0.25, -0.2) is 0 Å². The molecule has 6 rings (SSSR count). The highest BCUT2D eigenvalue weighted by Gasteiger charge is 2.33. The third-order valence-electron chi connectivity index (χ3n) is 6.17. The van der Waals surface area contributed by atoms with Crippen LogP contribution in [0.1, 0.15) is 39.5 Å². The first kappa shape index (κ1) is 21.8. The average Bonchev–Trinajstić information content (AvgIpc) is 2.86. The monoisotopic (exact) mass is 458 g/mol. The normalized spacial score (nSPS) is 17.9. The van der Waals surface area contributed by atoms with Crippen LogP contribution in [0.2, 0.25) is 0 Å². The Labute approximate surface area is 197 Å². The second-order valence-electron chi connectivity index (χ2n) is 8.47. The van der Waals surface area contributed by atoms with E-state index < -0.39 is 0 Å². The fourth-order valence-corrected chi connectivity index (χ4v) is 4.51. The van der Waals surface area contributed by atoms with Gasteiger partial charge in [0.25, 0.3) is 11.8 Å². The van der Waals surface area contributed by atoms with Crippen molar-refractivity contribution in [1.29, 1.82) is 0 Å². The van der Waals surface area contributed by atoms with Crippen LogP contribution in [0, 0.1) is 0 Å². The van der Waals surface area contributed by atoms with Crippen molar-refractivity contribution in [3.8, 4) is 17.2 Å². The van der Waals surface area contributed by atoms with Crippen LogP contribution in [0.4, 0.5) is 0 Å². The molecule has 3 aromatic carbocycles. The van der Waals surface area contributed by atoms with Crippen molar-refractivity contribution >= 4 is 11.8 Å². The predicted molar refractivity (Wildman–Crippen MR) is 126 cm³/mol. The minimum Gasteiger partial charge on any atom is -0.508 e. The number of nitrogens with one attached hydrogen (secondary N) is 1. The molecule has 2 amide bonds. The summed E-state index contributed by atoms with van der Waals surface area (Å²) in [4.78, 5) is 27.5. The maximum atomic E-state index is 13.6. The maximum absolute atomic E-state index is 13.6. The van der Waals surface area contributed by atoms with Crippen LogP contribution >= 0.6 is 0 Å². The van der Waals surface area contributed by atoms with Gasteiger partial charge >= 0.3 is 0 Å². The van der Waals surface area contributed by atoms with Gasteiger partial charge in [-0.1, -0.05) is 18.2 Å². The lowest BCUT2D eigenvalue weighted by atomic mass is 9.87. The maximum Gasteiger partial charge on any atom is 0.257 e. The Hall–Kier alpha value is -4.00. The van der Waals surface area contributed by atoms with Gasteiger partial charge in [-0.3, -0.25) is 9.59 Å². The highest BCUT2D eigenvalue weighted by Crippen LogP contribution is 2.38. The SMILES string of the molecule is O=C1COc2ccc3c(c2)CCN(C(=O)c2ccc(O)cc2)C3c2cccc(c2)OCCCN1. The summed E-state index contributed by atoms with van der Waals surface area (Å²) in [7, 11) is 0. The molecule has 7 nitrogen and oxygen atoms in total. The fourth-order valence-electron chi connectivity index (χ4n) is 4.51. The number of hydrogen-bond acceptors (Lipinski definition) is 5. The molecule has 0 saturated carbocycles. The second-order valence-corrected chi connectivity index (χ2v) is 8.47. The van der Waals surface area contributed by atoms with E-state index in [9.17, 15) is 14.7 Å². The Kier molecular flexibility index (Phi) is 6.08. The molecule has 3 heterocycles. The summed E-state index contributed by atoms with van der Waals surface area (Å²) < 4.78 is 11.7. The highest BCUT2D eigenvalue weighted by atomic mass is 16.5. The first-order chi connectivity index (χ1) is 16.6. The van der Waals surface area contributed by atoms with Gasteiger partial charge in [0.05, 0.1) is 12.6 Å². The zero-order valence-electron chi connectivity index (χ0n) is 18.7. The van der Waals surface area contributed by atoms with Gasteiger partial charge in [-0.15, -0.1) is 0 Å². The molecule has 6 bridgehead atoms. The second kappa shape index (κ2) is 9.47. The predicted octanol–water partition coefficient (Wildman–Crippen LogP) is 3.46. The minimum atomic E-state index is -0.307. The van der Waals surface area contributed by atoms with Gasteiger partial charge < -0.3 is 24.8 Å². The highest BCUT2D eigenvalue weighted by molar-refractivity contribution is 5.95. The van der Waals surface area contributed by atoms with Gasteiger partial charge in [-0.2, -0.15) is 0 Å². The first-order valence-electron chi connectivity index (χ1n) is 11.4. The van der Waals surface area contributed by atoms with E-state index in [2.05, 4.69) is 5.32 Å². The lowest BCUT2D eigenvalue weighted by Gasteiger charge is -2.38. The van der Waals surface area contributed by atoms with E-state index in [4.69, 9.17) is 9.47 Å². The van der Waals surface area contributed by atoms with E-state index in [-0.39, 0.29) is 30.2 Å². The standard InChI is InChI=1S/C27H26N2O5/c30-21-7-5-18(6-8-21)27(32)29-13-11-19-15-23-9-10-24(19)26(29)20-3-1-4-22(16-20)33-14-2-12-28-25(31)17-34-23/h1,3-10,15-16,26,30H,2,11-14,17H2,(H,28,31). The van der Waals surface area contributed by atoms with Crippen molar-refractivity contribution in [3.05, 3.63) is 89.0 Å². The number of nitrogens with zero attached hydrogens (tertiary/aromatic N) is 1. The molecule has 1 atom stereocenters. The smallest absolute Gasteiger partial charge is 0.257 e. The zero-order chi connectivity index (χ0) is 23.5. The molecular weight excluding hydrogens is 432 g/mol. The lowest BCUT2D eigenvalue weighted by Crippen LogP contribution is -2.40. The molecule has 0 saturated heterocycles. The molecule has 3 aliphatic rings. The van der Waals surface area contributed by atoms with Gasteiger partial charge in [0.2, 0.25) is 0 Å². The van der Waals surface area contributed by atoms with Crippen LogP contribution in [0.3, 0.4) is 0 Å². The number of rotatable bonds is 1. The number of phenolic OH excluding ortho intramolecular Hbond substituents is 1. The number of carbonyl (C=O) groups is 2. The summed E-state index contributed by atoms with van der Waals surface area (Å²) in [6.45, 7) is 1.44.